The Kier molecular flexibility index (Phi) is 5.55. The van der Waals surface area contributed by atoms with Crippen molar-refractivity contribution in [1.29, 1.82) is 0 Å². The lowest BCUT2D eigenvalue weighted by molar-refractivity contribution is -0.144. The molecule has 1 saturated carbocycles. The van der Waals surface area contributed by atoms with Crippen LogP contribution in [-0.4, -0.2) is 35.0 Å². The summed E-state index contributed by atoms with van der Waals surface area (Å²) in [4.78, 5) is 24.0. The Morgan fingerprint density at radius 3 is 2.59 bits per heavy atom. The number of hydrogen-bond acceptors (Lipinski definition) is 2. The van der Waals surface area contributed by atoms with E-state index in [9.17, 15) is 9.59 Å². The maximum absolute atomic E-state index is 11.8. The molecule has 1 fully saturated rings. The molecule has 0 aromatic carbocycles. The summed E-state index contributed by atoms with van der Waals surface area (Å²) in [5, 5.41) is 8.76. The number of carboxylic acid groups (broad SMARTS) is 1. The van der Waals surface area contributed by atoms with E-state index >= 15 is 0 Å². The maximum atomic E-state index is 11.8. The minimum Gasteiger partial charge on any atom is -0.480 e. The van der Waals surface area contributed by atoms with Crippen molar-refractivity contribution >= 4 is 11.9 Å². The van der Waals surface area contributed by atoms with Crippen LogP contribution in [0.15, 0.2) is 0 Å². The summed E-state index contributed by atoms with van der Waals surface area (Å²) in [5.74, 6) is 2.04. The molecule has 94 valence electrons. The monoisotopic (exact) mass is 237 g/mol. The smallest absolute Gasteiger partial charge is 0.323 e. The highest BCUT2D eigenvalue weighted by atomic mass is 16.4. The summed E-state index contributed by atoms with van der Waals surface area (Å²) < 4.78 is 0. The van der Waals surface area contributed by atoms with Crippen LogP contribution >= 0.6 is 0 Å². The lowest BCUT2D eigenvalue weighted by atomic mass is 10.2. The molecule has 0 unspecified atom stereocenters. The summed E-state index contributed by atoms with van der Waals surface area (Å²) in [6, 6.07) is 0. The van der Waals surface area contributed by atoms with E-state index in [0.717, 1.165) is 25.7 Å². The number of carbonyl (C=O) groups is 2. The number of carboxylic acids is 1. The van der Waals surface area contributed by atoms with Gasteiger partial charge in [0.1, 0.15) is 6.54 Å². The second kappa shape index (κ2) is 6.95. The van der Waals surface area contributed by atoms with E-state index in [1.807, 2.05) is 0 Å². The van der Waals surface area contributed by atoms with Crippen molar-refractivity contribution in [2.75, 3.05) is 13.1 Å². The van der Waals surface area contributed by atoms with E-state index in [4.69, 9.17) is 11.5 Å². The average Bonchev–Trinajstić information content (AvgIpc) is 3.06. The maximum Gasteiger partial charge on any atom is 0.323 e. The second-order valence-corrected chi connectivity index (χ2v) is 4.52. The van der Waals surface area contributed by atoms with Gasteiger partial charge in [-0.1, -0.05) is 0 Å². The minimum atomic E-state index is -0.942. The fourth-order valence-corrected chi connectivity index (χ4v) is 1.69. The Bertz CT molecular complexity index is 315. The zero-order chi connectivity index (χ0) is 12.7. The van der Waals surface area contributed by atoms with Crippen LogP contribution in [0.25, 0.3) is 0 Å². The number of nitrogens with zero attached hydrogens (tertiary/aromatic N) is 1. The molecule has 4 nitrogen and oxygen atoms in total. The number of hydrogen-bond donors (Lipinski definition) is 1. The Hall–Kier alpha value is -1.50. The van der Waals surface area contributed by atoms with Gasteiger partial charge in [0.2, 0.25) is 5.91 Å². The fraction of sp³-hybridized carbons (Fsp3) is 0.692. The normalized spacial score (nSPS) is 14.1. The van der Waals surface area contributed by atoms with Crippen LogP contribution in [0.4, 0.5) is 0 Å². The average molecular weight is 237 g/mol. The molecule has 1 rings (SSSR count). The van der Waals surface area contributed by atoms with E-state index in [2.05, 4.69) is 5.92 Å². The Balaban J connectivity index is 2.30. The van der Waals surface area contributed by atoms with Gasteiger partial charge in [-0.25, -0.2) is 0 Å². The van der Waals surface area contributed by atoms with Crippen LogP contribution in [0.1, 0.15) is 38.5 Å². The lowest BCUT2D eigenvalue weighted by Crippen LogP contribution is -2.37. The van der Waals surface area contributed by atoms with Crippen LogP contribution in [0.2, 0.25) is 0 Å². The molecule has 17 heavy (non-hydrogen) atoms. The van der Waals surface area contributed by atoms with Crippen LogP contribution < -0.4 is 0 Å². The van der Waals surface area contributed by atoms with Crippen molar-refractivity contribution in [3.8, 4) is 12.3 Å². The molecule has 4 heteroatoms. The molecule has 1 N–H and O–H groups in total. The number of terminal acetylenes is 1. The molecule has 0 radical (unpaired) electrons. The largest absolute Gasteiger partial charge is 0.480 e. The zero-order valence-corrected chi connectivity index (χ0v) is 10.0. The topological polar surface area (TPSA) is 57.6 Å². The third-order valence-corrected chi connectivity index (χ3v) is 2.82. The molecule has 0 atom stereocenters. The number of amides is 1. The third kappa shape index (κ3) is 5.96. The Morgan fingerprint density at radius 1 is 1.35 bits per heavy atom. The highest BCUT2D eigenvalue weighted by Gasteiger charge is 2.27. The van der Waals surface area contributed by atoms with Gasteiger partial charge in [0.05, 0.1) is 0 Å². The van der Waals surface area contributed by atoms with Crippen LogP contribution in [0.5, 0.6) is 0 Å². The van der Waals surface area contributed by atoms with Gasteiger partial charge >= 0.3 is 5.97 Å². The van der Waals surface area contributed by atoms with Crippen molar-refractivity contribution < 1.29 is 14.7 Å². The highest BCUT2D eigenvalue weighted by molar-refractivity contribution is 5.81. The van der Waals surface area contributed by atoms with E-state index in [-0.39, 0.29) is 12.5 Å². The SMILES string of the molecule is C#CCCCCC(=O)N(CC(=O)O)CC1CC1. The van der Waals surface area contributed by atoms with Gasteiger partial charge in [-0.05, 0) is 31.6 Å². The highest BCUT2D eigenvalue weighted by Crippen LogP contribution is 2.29. The number of aliphatic carboxylic acids is 1. The zero-order valence-electron chi connectivity index (χ0n) is 10.0. The molecule has 0 saturated heterocycles. The Labute approximate surface area is 102 Å². The molecule has 0 aromatic heterocycles. The van der Waals surface area contributed by atoms with Gasteiger partial charge in [-0.3, -0.25) is 9.59 Å². The predicted octanol–water partition coefficient (Wildman–Crippen LogP) is 1.50. The van der Waals surface area contributed by atoms with Crippen molar-refractivity contribution in [2.24, 2.45) is 5.92 Å². The lowest BCUT2D eigenvalue weighted by Gasteiger charge is -2.20. The first-order valence-corrected chi connectivity index (χ1v) is 6.06. The van der Waals surface area contributed by atoms with E-state index in [1.54, 1.807) is 0 Å². The molecule has 0 spiro atoms. The van der Waals surface area contributed by atoms with Gasteiger partial charge < -0.3 is 10.0 Å². The molecule has 1 aliphatic rings. The first-order chi connectivity index (χ1) is 8.13. The Morgan fingerprint density at radius 2 is 2.06 bits per heavy atom. The van der Waals surface area contributed by atoms with Crippen molar-refractivity contribution in [3.05, 3.63) is 0 Å². The number of rotatable bonds is 8. The molecular weight excluding hydrogens is 218 g/mol. The molecule has 0 aromatic rings. The molecule has 0 heterocycles. The number of carbonyl (C=O) groups excluding carboxylic acids is 1. The van der Waals surface area contributed by atoms with Gasteiger partial charge in [0.15, 0.2) is 0 Å². The standard InChI is InChI=1S/C13H19NO3/c1-2-3-4-5-6-12(15)14(10-13(16)17)9-11-7-8-11/h1,11H,3-10H2,(H,16,17). The minimum absolute atomic E-state index is 0.0590. The molecule has 0 aliphatic heterocycles. The van der Waals surface area contributed by atoms with Crippen LogP contribution in [0, 0.1) is 18.3 Å². The van der Waals surface area contributed by atoms with Gasteiger partial charge in [0.25, 0.3) is 0 Å². The van der Waals surface area contributed by atoms with Crippen LogP contribution in [-0.2, 0) is 9.59 Å². The second-order valence-electron chi connectivity index (χ2n) is 4.52. The summed E-state index contributed by atoms with van der Waals surface area (Å²) in [7, 11) is 0. The van der Waals surface area contributed by atoms with E-state index < -0.39 is 5.97 Å². The summed E-state index contributed by atoms with van der Waals surface area (Å²) in [6.45, 7) is 0.421. The van der Waals surface area contributed by atoms with Gasteiger partial charge in [-0.15, -0.1) is 12.3 Å². The quantitative estimate of drug-likeness (QED) is 0.514. The van der Waals surface area contributed by atoms with Crippen LogP contribution in [0.3, 0.4) is 0 Å². The van der Waals surface area contributed by atoms with Crippen molar-refractivity contribution in [1.82, 2.24) is 4.90 Å². The van der Waals surface area contributed by atoms with Gasteiger partial charge in [-0.2, -0.15) is 0 Å². The fourth-order valence-electron chi connectivity index (χ4n) is 1.69. The first kappa shape index (κ1) is 13.6. The first-order valence-electron chi connectivity index (χ1n) is 6.06. The molecular formula is C13H19NO3. The summed E-state index contributed by atoms with van der Waals surface area (Å²) in [6.07, 6.45) is 9.99. The van der Waals surface area contributed by atoms with Gasteiger partial charge in [0, 0.05) is 19.4 Å². The van der Waals surface area contributed by atoms with E-state index in [0.29, 0.717) is 25.3 Å². The molecule has 1 amide bonds. The van der Waals surface area contributed by atoms with E-state index in [1.165, 1.54) is 4.90 Å². The van der Waals surface area contributed by atoms with Crippen molar-refractivity contribution in [3.63, 3.8) is 0 Å². The summed E-state index contributed by atoms with van der Waals surface area (Å²) in [5.41, 5.74) is 0. The number of unbranched alkanes of at least 4 members (excludes halogenated alkanes) is 2. The predicted molar refractivity (Wildman–Crippen MR) is 64.2 cm³/mol. The molecule has 0 bridgehead atoms. The molecule has 1 aliphatic carbocycles. The van der Waals surface area contributed by atoms with Crippen molar-refractivity contribution in [2.45, 2.75) is 38.5 Å². The third-order valence-electron chi connectivity index (χ3n) is 2.82. The summed E-state index contributed by atoms with van der Waals surface area (Å²) >= 11 is 0.